The Morgan fingerprint density at radius 2 is 1.96 bits per heavy atom. The SMILES string of the molecule is Cc1ccc(CCCNC(=O)Cc2c(C)nn(C)c2C)c(C)c1. The van der Waals surface area contributed by atoms with Crippen molar-refractivity contribution in [2.24, 2.45) is 7.05 Å². The molecule has 4 nitrogen and oxygen atoms in total. The second-order valence-electron chi connectivity index (χ2n) is 6.33. The van der Waals surface area contributed by atoms with Gasteiger partial charge in [-0.1, -0.05) is 23.8 Å². The van der Waals surface area contributed by atoms with Gasteiger partial charge in [0, 0.05) is 24.8 Å². The lowest BCUT2D eigenvalue weighted by atomic mass is 10.0. The molecule has 23 heavy (non-hydrogen) atoms. The number of amides is 1. The topological polar surface area (TPSA) is 46.9 Å². The zero-order valence-corrected chi connectivity index (χ0v) is 14.9. The molecule has 1 amide bonds. The quantitative estimate of drug-likeness (QED) is 0.834. The smallest absolute Gasteiger partial charge is 0.224 e. The van der Waals surface area contributed by atoms with E-state index in [2.05, 4.69) is 42.5 Å². The van der Waals surface area contributed by atoms with Crippen LogP contribution in [-0.4, -0.2) is 22.2 Å². The molecule has 2 aromatic rings. The minimum Gasteiger partial charge on any atom is -0.356 e. The van der Waals surface area contributed by atoms with Gasteiger partial charge in [0.25, 0.3) is 0 Å². The first-order valence-corrected chi connectivity index (χ1v) is 8.20. The summed E-state index contributed by atoms with van der Waals surface area (Å²) in [6, 6.07) is 6.55. The van der Waals surface area contributed by atoms with Crippen molar-refractivity contribution in [1.82, 2.24) is 15.1 Å². The molecule has 2 rings (SSSR count). The maximum Gasteiger partial charge on any atom is 0.224 e. The summed E-state index contributed by atoms with van der Waals surface area (Å²) < 4.78 is 1.83. The molecule has 1 heterocycles. The van der Waals surface area contributed by atoms with Gasteiger partial charge in [-0.2, -0.15) is 5.10 Å². The molecule has 0 aliphatic rings. The second-order valence-corrected chi connectivity index (χ2v) is 6.33. The Bertz CT molecular complexity index is 701. The molecule has 4 heteroatoms. The summed E-state index contributed by atoms with van der Waals surface area (Å²) in [5.74, 6) is 0.0739. The Hall–Kier alpha value is -2.10. The summed E-state index contributed by atoms with van der Waals surface area (Å²) in [5, 5.41) is 7.37. The van der Waals surface area contributed by atoms with Crippen molar-refractivity contribution in [3.63, 3.8) is 0 Å². The Morgan fingerprint density at radius 3 is 2.57 bits per heavy atom. The second kappa shape index (κ2) is 7.44. The molecule has 0 aliphatic carbocycles. The van der Waals surface area contributed by atoms with Crippen LogP contribution >= 0.6 is 0 Å². The lowest BCUT2D eigenvalue weighted by molar-refractivity contribution is -0.120. The fourth-order valence-electron chi connectivity index (χ4n) is 2.93. The van der Waals surface area contributed by atoms with Crippen LogP contribution in [-0.2, 0) is 24.7 Å². The molecule has 0 fully saturated rings. The van der Waals surface area contributed by atoms with E-state index in [1.807, 2.05) is 25.6 Å². The minimum absolute atomic E-state index is 0.0739. The van der Waals surface area contributed by atoms with Crippen LogP contribution in [0.5, 0.6) is 0 Å². The number of aromatic nitrogens is 2. The molecule has 0 saturated carbocycles. The molecule has 0 saturated heterocycles. The third-order valence-electron chi connectivity index (χ3n) is 4.44. The lowest BCUT2D eigenvalue weighted by Crippen LogP contribution is -2.26. The molecule has 1 aromatic heterocycles. The van der Waals surface area contributed by atoms with Crippen molar-refractivity contribution in [3.05, 3.63) is 51.8 Å². The Morgan fingerprint density at radius 1 is 1.22 bits per heavy atom. The van der Waals surface area contributed by atoms with E-state index in [4.69, 9.17) is 0 Å². The summed E-state index contributed by atoms with van der Waals surface area (Å²) in [6.45, 7) is 8.93. The number of nitrogens with zero attached hydrogens (tertiary/aromatic N) is 2. The minimum atomic E-state index is 0.0739. The number of carbonyl (C=O) groups is 1. The number of carbonyl (C=O) groups excluding carboxylic acids is 1. The fraction of sp³-hybridized carbons (Fsp3) is 0.474. The maximum atomic E-state index is 12.1. The van der Waals surface area contributed by atoms with Crippen molar-refractivity contribution in [3.8, 4) is 0 Å². The monoisotopic (exact) mass is 313 g/mol. The number of nitrogens with one attached hydrogen (secondary N) is 1. The van der Waals surface area contributed by atoms with E-state index in [0.29, 0.717) is 13.0 Å². The van der Waals surface area contributed by atoms with Crippen LogP contribution in [0.3, 0.4) is 0 Å². The predicted octanol–water partition coefficient (Wildman–Crippen LogP) is 2.95. The average molecular weight is 313 g/mol. The van der Waals surface area contributed by atoms with Gasteiger partial charge in [-0.25, -0.2) is 0 Å². The van der Waals surface area contributed by atoms with Gasteiger partial charge >= 0.3 is 0 Å². The molecular formula is C19H27N3O. The van der Waals surface area contributed by atoms with E-state index in [9.17, 15) is 4.79 Å². The van der Waals surface area contributed by atoms with E-state index in [1.165, 1.54) is 16.7 Å². The van der Waals surface area contributed by atoms with Gasteiger partial charge in [-0.3, -0.25) is 9.48 Å². The van der Waals surface area contributed by atoms with Crippen LogP contribution in [0.4, 0.5) is 0 Å². The summed E-state index contributed by atoms with van der Waals surface area (Å²) in [6.07, 6.45) is 2.37. The van der Waals surface area contributed by atoms with Crippen molar-refractivity contribution >= 4 is 5.91 Å². The molecule has 1 aromatic carbocycles. The predicted molar refractivity (Wildman–Crippen MR) is 93.6 cm³/mol. The summed E-state index contributed by atoms with van der Waals surface area (Å²) in [4.78, 5) is 12.1. The van der Waals surface area contributed by atoms with Gasteiger partial charge in [0.2, 0.25) is 5.91 Å². The molecular weight excluding hydrogens is 286 g/mol. The van der Waals surface area contributed by atoms with E-state index >= 15 is 0 Å². The largest absolute Gasteiger partial charge is 0.356 e. The highest BCUT2D eigenvalue weighted by molar-refractivity contribution is 5.79. The van der Waals surface area contributed by atoms with Gasteiger partial charge in [-0.15, -0.1) is 0 Å². The van der Waals surface area contributed by atoms with Gasteiger partial charge in [0.1, 0.15) is 0 Å². The lowest BCUT2D eigenvalue weighted by Gasteiger charge is -2.08. The highest BCUT2D eigenvalue weighted by Gasteiger charge is 2.13. The standard InChI is InChI=1S/C19H27N3O/c1-13-8-9-17(14(2)11-13)7-6-10-20-19(23)12-18-15(3)21-22(5)16(18)4/h8-9,11H,6-7,10,12H2,1-5H3,(H,20,23). The summed E-state index contributed by atoms with van der Waals surface area (Å²) >= 11 is 0. The van der Waals surface area contributed by atoms with Crippen molar-refractivity contribution in [1.29, 1.82) is 0 Å². The molecule has 0 radical (unpaired) electrons. The number of hydrogen-bond acceptors (Lipinski definition) is 2. The molecule has 0 atom stereocenters. The van der Waals surface area contributed by atoms with Gasteiger partial charge in [0.15, 0.2) is 0 Å². The van der Waals surface area contributed by atoms with E-state index < -0.39 is 0 Å². The van der Waals surface area contributed by atoms with Crippen LogP contribution in [0.1, 0.15) is 40.1 Å². The van der Waals surface area contributed by atoms with E-state index in [0.717, 1.165) is 29.8 Å². The molecule has 0 unspecified atom stereocenters. The van der Waals surface area contributed by atoms with E-state index in [-0.39, 0.29) is 5.91 Å². The number of benzene rings is 1. The average Bonchev–Trinajstić information content (AvgIpc) is 2.72. The van der Waals surface area contributed by atoms with Crippen LogP contribution < -0.4 is 5.32 Å². The number of aryl methyl sites for hydroxylation is 5. The maximum absolute atomic E-state index is 12.1. The first kappa shape index (κ1) is 17.3. The zero-order chi connectivity index (χ0) is 17.0. The first-order valence-electron chi connectivity index (χ1n) is 8.20. The highest BCUT2D eigenvalue weighted by Crippen LogP contribution is 2.13. The normalized spacial score (nSPS) is 10.8. The molecule has 124 valence electrons. The van der Waals surface area contributed by atoms with Crippen LogP contribution in [0.2, 0.25) is 0 Å². The zero-order valence-electron chi connectivity index (χ0n) is 14.9. The number of rotatable bonds is 6. The van der Waals surface area contributed by atoms with Crippen molar-refractivity contribution in [2.45, 2.75) is 47.0 Å². The molecule has 1 N–H and O–H groups in total. The van der Waals surface area contributed by atoms with Gasteiger partial charge < -0.3 is 5.32 Å². The molecule has 0 spiro atoms. The summed E-state index contributed by atoms with van der Waals surface area (Å²) in [5.41, 5.74) is 7.03. The van der Waals surface area contributed by atoms with Crippen molar-refractivity contribution in [2.75, 3.05) is 6.54 Å². The van der Waals surface area contributed by atoms with Gasteiger partial charge in [0.05, 0.1) is 12.1 Å². The number of hydrogen-bond donors (Lipinski definition) is 1. The fourth-order valence-corrected chi connectivity index (χ4v) is 2.93. The third kappa shape index (κ3) is 4.44. The van der Waals surface area contributed by atoms with Gasteiger partial charge in [-0.05, 0) is 51.7 Å². The van der Waals surface area contributed by atoms with Crippen molar-refractivity contribution < 1.29 is 4.79 Å². The third-order valence-corrected chi connectivity index (χ3v) is 4.44. The summed E-state index contributed by atoms with van der Waals surface area (Å²) in [7, 11) is 1.91. The highest BCUT2D eigenvalue weighted by atomic mass is 16.1. The first-order chi connectivity index (χ1) is 10.9. The Balaban J connectivity index is 1.79. The van der Waals surface area contributed by atoms with E-state index in [1.54, 1.807) is 0 Å². The van der Waals surface area contributed by atoms with Crippen LogP contribution in [0, 0.1) is 27.7 Å². The Kier molecular flexibility index (Phi) is 5.59. The van der Waals surface area contributed by atoms with Crippen LogP contribution in [0.15, 0.2) is 18.2 Å². The van der Waals surface area contributed by atoms with Crippen LogP contribution in [0.25, 0.3) is 0 Å². The molecule has 0 bridgehead atoms. The Labute approximate surface area is 138 Å². The molecule has 0 aliphatic heterocycles.